The van der Waals surface area contributed by atoms with Gasteiger partial charge in [-0.2, -0.15) is 11.8 Å². The average Bonchev–Trinajstić information content (AvgIpc) is 2.56. The Morgan fingerprint density at radius 1 is 1.21 bits per heavy atom. The van der Waals surface area contributed by atoms with E-state index in [1.807, 2.05) is 24.3 Å². The van der Waals surface area contributed by atoms with Gasteiger partial charge in [-0.1, -0.05) is 47.5 Å². The number of halogens is 2. The SMILES string of the molecule is C[C@H](Oc1cccc(Cl)c1)C(=O)NCCSCc1ccccc1Cl. The molecule has 1 N–H and O–H groups in total. The molecule has 0 fully saturated rings. The highest BCUT2D eigenvalue weighted by Crippen LogP contribution is 2.20. The van der Waals surface area contributed by atoms with Crippen LogP contribution < -0.4 is 10.1 Å². The number of ether oxygens (including phenoxy) is 1. The maximum atomic E-state index is 12.0. The summed E-state index contributed by atoms with van der Waals surface area (Å²) in [7, 11) is 0. The lowest BCUT2D eigenvalue weighted by Crippen LogP contribution is -2.37. The molecule has 2 aromatic carbocycles. The summed E-state index contributed by atoms with van der Waals surface area (Å²) in [5.41, 5.74) is 1.10. The van der Waals surface area contributed by atoms with Crippen molar-refractivity contribution in [3.8, 4) is 5.75 Å². The largest absolute Gasteiger partial charge is 0.481 e. The minimum absolute atomic E-state index is 0.145. The smallest absolute Gasteiger partial charge is 0.260 e. The van der Waals surface area contributed by atoms with Crippen LogP contribution in [0, 0.1) is 0 Å². The van der Waals surface area contributed by atoms with E-state index in [0.29, 0.717) is 17.3 Å². The van der Waals surface area contributed by atoms with E-state index in [1.54, 1.807) is 43.0 Å². The van der Waals surface area contributed by atoms with Crippen LogP contribution in [0.25, 0.3) is 0 Å². The molecule has 0 spiro atoms. The number of carbonyl (C=O) groups excluding carboxylic acids is 1. The van der Waals surface area contributed by atoms with Gasteiger partial charge in [-0.3, -0.25) is 4.79 Å². The first-order valence-corrected chi connectivity index (χ1v) is 9.48. The third-order valence-corrected chi connectivity index (χ3v) is 4.85. The van der Waals surface area contributed by atoms with Crippen molar-refractivity contribution in [1.82, 2.24) is 5.32 Å². The van der Waals surface area contributed by atoms with E-state index in [9.17, 15) is 4.79 Å². The summed E-state index contributed by atoms with van der Waals surface area (Å²) in [5.74, 6) is 2.07. The Labute approximate surface area is 156 Å². The fraction of sp³-hybridized carbons (Fsp3) is 0.278. The van der Waals surface area contributed by atoms with Crippen LogP contribution in [0.2, 0.25) is 10.0 Å². The lowest BCUT2D eigenvalue weighted by molar-refractivity contribution is -0.127. The third kappa shape index (κ3) is 6.27. The van der Waals surface area contributed by atoms with Crippen molar-refractivity contribution < 1.29 is 9.53 Å². The molecule has 0 aromatic heterocycles. The van der Waals surface area contributed by atoms with E-state index in [1.165, 1.54) is 0 Å². The number of benzene rings is 2. The van der Waals surface area contributed by atoms with E-state index in [0.717, 1.165) is 22.1 Å². The second kappa shape index (κ2) is 9.82. The molecule has 2 rings (SSSR count). The van der Waals surface area contributed by atoms with E-state index < -0.39 is 6.10 Å². The maximum absolute atomic E-state index is 12.0. The fourth-order valence-electron chi connectivity index (χ4n) is 1.99. The Balaban J connectivity index is 1.66. The number of carbonyl (C=O) groups is 1. The zero-order chi connectivity index (χ0) is 17.4. The maximum Gasteiger partial charge on any atom is 0.260 e. The summed E-state index contributed by atoms with van der Waals surface area (Å²) < 4.78 is 5.58. The molecular formula is C18H19Cl2NO2S. The lowest BCUT2D eigenvalue weighted by Gasteiger charge is -2.14. The molecule has 0 aliphatic heterocycles. The van der Waals surface area contributed by atoms with Gasteiger partial charge in [-0.05, 0) is 36.8 Å². The quantitative estimate of drug-likeness (QED) is 0.664. The lowest BCUT2D eigenvalue weighted by atomic mass is 10.2. The summed E-state index contributed by atoms with van der Waals surface area (Å²) in [5, 5.41) is 4.22. The average molecular weight is 384 g/mol. The van der Waals surface area contributed by atoms with E-state index in [-0.39, 0.29) is 5.91 Å². The number of thioether (sulfide) groups is 1. The fourth-order valence-corrected chi connectivity index (χ4v) is 3.31. The van der Waals surface area contributed by atoms with Crippen LogP contribution >= 0.6 is 35.0 Å². The molecule has 0 heterocycles. The molecule has 24 heavy (non-hydrogen) atoms. The van der Waals surface area contributed by atoms with Gasteiger partial charge in [0.1, 0.15) is 5.75 Å². The van der Waals surface area contributed by atoms with Crippen molar-refractivity contribution in [3.63, 3.8) is 0 Å². The van der Waals surface area contributed by atoms with Gasteiger partial charge < -0.3 is 10.1 Å². The highest BCUT2D eigenvalue weighted by Gasteiger charge is 2.14. The monoisotopic (exact) mass is 383 g/mol. The van der Waals surface area contributed by atoms with E-state index >= 15 is 0 Å². The Hall–Kier alpha value is -1.36. The highest BCUT2D eigenvalue weighted by molar-refractivity contribution is 7.98. The van der Waals surface area contributed by atoms with Crippen LogP contribution in [0.1, 0.15) is 12.5 Å². The van der Waals surface area contributed by atoms with Gasteiger partial charge in [0.15, 0.2) is 6.10 Å². The van der Waals surface area contributed by atoms with Crippen LogP contribution in [0.4, 0.5) is 0 Å². The molecule has 6 heteroatoms. The molecule has 0 saturated heterocycles. The standard InChI is InChI=1S/C18H19Cl2NO2S/c1-13(23-16-7-4-6-15(19)11-16)18(22)21-9-10-24-12-14-5-2-3-8-17(14)20/h2-8,11,13H,9-10,12H2,1H3,(H,21,22)/t13-/m0/s1. The zero-order valence-electron chi connectivity index (χ0n) is 13.3. The second-order valence-corrected chi connectivity index (χ2v) is 7.10. The molecule has 0 radical (unpaired) electrons. The topological polar surface area (TPSA) is 38.3 Å². The number of nitrogens with one attached hydrogen (secondary N) is 1. The zero-order valence-corrected chi connectivity index (χ0v) is 15.6. The molecule has 0 saturated carbocycles. The first-order valence-electron chi connectivity index (χ1n) is 7.57. The van der Waals surface area contributed by atoms with Gasteiger partial charge in [0.05, 0.1) is 0 Å². The van der Waals surface area contributed by atoms with Gasteiger partial charge in [0.25, 0.3) is 5.91 Å². The van der Waals surface area contributed by atoms with Crippen LogP contribution in [-0.2, 0) is 10.5 Å². The molecule has 0 aliphatic carbocycles. The molecule has 128 valence electrons. The van der Waals surface area contributed by atoms with Gasteiger partial charge >= 0.3 is 0 Å². The van der Waals surface area contributed by atoms with Crippen molar-refractivity contribution in [2.75, 3.05) is 12.3 Å². The number of hydrogen-bond donors (Lipinski definition) is 1. The minimum atomic E-state index is -0.572. The normalized spacial score (nSPS) is 11.8. The number of hydrogen-bond acceptors (Lipinski definition) is 3. The summed E-state index contributed by atoms with van der Waals surface area (Å²) in [6.07, 6.45) is -0.572. The Kier molecular flexibility index (Phi) is 7.76. The van der Waals surface area contributed by atoms with Crippen LogP contribution in [0.15, 0.2) is 48.5 Å². The number of rotatable bonds is 8. The first kappa shape index (κ1) is 19.0. The molecular weight excluding hydrogens is 365 g/mol. The van der Waals surface area contributed by atoms with Crippen molar-refractivity contribution in [2.45, 2.75) is 18.8 Å². The molecule has 0 unspecified atom stereocenters. The minimum Gasteiger partial charge on any atom is -0.481 e. The predicted molar refractivity (Wildman–Crippen MR) is 102 cm³/mol. The van der Waals surface area contributed by atoms with Gasteiger partial charge in [0, 0.05) is 28.1 Å². The van der Waals surface area contributed by atoms with E-state index in [4.69, 9.17) is 27.9 Å². The van der Waals surface area contributed by atoms with Crippen LogP contribution in [0.5, 0.6) is 5.75 Å². The summed E-state index contributed by atoms with van der Waals surface area (Å²) in [6, 6.07) is 14.8. The first-order chi connectivity index (χ1) is 11.6. The Bertz CT molecular complexity index is 682. The molecule has 3 nitrogen and oxygen atoms in total. The molecule has 1 atom stereocenters. The summed E-state index contributed by atoms with van der Waals surface area (Å²) in [6.45, 7) is 2.30. The molecule has 2 aromatic rings. The van der Waals surface area contributed by atoms with Crippen molar-refractivity contribution in [2.24, 2.45) is 0 Å². The highest BCUT2D eigenvalue weighted by atomic mass is 35.5. The van der Waals surface area contributed by atoms with Gasteiger partial charge in [-0.15, -0.1) is 0 Å². The summed E-state index contributed by atoms with van der Waals surface area (Å²) >= 11 is 13.7. The van der Waals surface area contributed by atoms with Gasteiger partial charge in [-0.25, -0.2) is 0 Å². The van der Waals surface area contributed by atoms with Crippen molar-refractivity contribution >= 4 is 40.9 Å². The predicted octanol–water partition coefficient (Wildman–Crippen LogP) is 4.81. The third-order valence-electron chi connectivity index (χ3n) is 3.24. The molecule has 0 aliphatic rings. The Morgan fingerprint density at radius 3 is 2.75 bits per heavy atom. The molecule has 0 bridgehead atoms. The second-order valence-electron chi connectivity index (χ2n) is 5.15. The summed E-state index contributed by atoms with van der Waals surface area (Å²) in [4.78, 5) is 12.0. The molecule has 1 amide bonds. The van der Waals surface area contributed by atoms with Crippen molar-refractivity contribution in [1.29, 1.82) is 0 Å². The van der Waals surface area contributed by atoms with Crippen molar-refractivity contribution in [3.05, 3.63) is 64.1 Å². The Morgan fingerprint density at radius 2 is 2.00 bits per heavy atom. The van der Waals surface area contributed by atoms with E-state index in [2.05, 4.69) is 5.32 Å². The van der Waals surface area contributed by atoms with Gasteiger partial charge in [0.2, 0.25) is 0 Å². The number of amides is 1. The van der Waals surface area contributed by atoms with Crippen LogP contribution in [-0.4, -0.2) is 24.3 Å². The van der Waals surface area contributed by atoms with Crippen LogP contribution in [0.3, 0.4) is 0 Å².